The summed E-state index contributed by atoms with van der Waals surface area (Å²) in [6.45, 7) is 3.81. The van der Waals surface area contributed by atoms with Crippen LogP contribution in [0.3, 0.4) is 0 Å². The van der Waals surface area contributed by atoms with Gasteiger partial charge < -0.3 is 4.52 Å². The fraction of sp³-hybridized carbons (Fsp3) is 0.600. The van der Waals surface area contributed by atoms with Gasteiger partial charge in [-0.05, 0) is 13.6 Å². The maximum absolute atomic E-state index is 4.99. The van der Waals surface area contributed by atoms with Crippen LogP contribution in [0.1, 0.15) is 6.92 Å². The van der Waals surface area contributed by atoms with E-state index in [9.17, 15) is 0 Å². The monoisotopic (exact) mass is 116 g/mol. The summed E-state index contributed by atoms with van der Waals surface area (Å²) in [5.41, 5.74) is 0. The maximum atomic E-state index is 4.99. The number of rotatable bonds is 2. The van der Waals surface area contributed by atoms with Gasteiger partial charge in [-0.25, -0.2) is 0 Å². The maximum Gasteiger partial charge on any atom is 0.119 e. The first-order chi connectivity index (χ1) is 3.31. The summed E-state index contributed by atoms with van der Waals surface area (Å²) in [6, 6.07) is 0. The summed E-state index contributed by atoms with van der Waals surface area (Å²) in [5, 5.41) is 0. The van der Waals surface area contributed by atoms with Crippen molar-refractivity contribution in [2.24, 2.45) is 0 Å². The van der Waals surface area contributed by atoms with E-state index >= 15 is 0 Å². The summed E-state index contributed by atoms with van der Waals surface area (Å²) >= 11 is 0. The third-order valence-electron chi connectivity index (χ3n) is 0.529. The van der Waals surface area contributed by atoms with Gasteiger partial charge in [0, 0.05) is 8.81 Å². The predicted octanol–water partition coefficient (Wildman–Crippen LogP) is 1.25. The van der Waals surface area contributed by atoms with Gasteiger partial charge in [0.15, 0.2) is 0 Å². The lowest BCUT2D eigenvalue weighted by Gasteiger charge is -1.99. The molecular weight excluding hydrogens is 107 g/mol. The van der Waals surface area contributed by atoms with E-state index in [2.05, 4.69) is 5.92 Å². The molecule has 2 heteroatoms. The molecule has 0 rings (SSSR count). The topological polar surface area (TPSA) is 9.23 Å². The van der Waals surface area contributed by atoms with Crippen LogP contribution in [0, 0.1) is 12.3 Å². The predicted molar refractivity (Wildman–Crippen MR) is 33.6 cm³/mol. The molecule has 0 fully saturated rings. The fourth-order valence-corrected chi connectivity index (χ4v) is 0.632. The molecule has 0 aromatic heterocycles. The molecule has 2 unspecified atom stereocenters. The van der Waals surface area contributed by atoms with Crippen LogP contribution in [0.15, 0.2) is 0 Å². The van der Waals surface area contributed by atoms with Gasteiger partial charge in [-0.3, -0.25) is 0 Å². The van der Waals surface area contributed by atoms with Crippen LogP contribution in [0.5, 0.6) is 0 Å². The van der Waals surface area contributed by atoms with Gasteiger partial charge in [-0.1, -0.05) is 5.92 Å². The average Bonchev–Trinajstić information content (AvgIpc) is 1.68. The molecule has 0 N–H and O–H groups in total. The third-order valence-corrected chi connectivity index (χ3v) is 1.12. The highest BCUT2D eigenvalue weighted by Crippen LogP contribution is 2.07. The number of hydrogen-bond acceptors (Lipinski definition) is 1. The Morgan fingerprint density at radius 2 is 2.43 bits per heavy atom. The zero-order chi connectivity index (χ0) is 5.70. The van der Waals surface area contributed by atoms with Crippen molar-refractivity contribution in [3.05, 3.63) is 0 Å². The van der Waals surface area contributed by atoms with E-state index in [0.29, 0.717) is 8.81 Å². The average molecular weight is 116 g/mol. The summed E-state index contributed by atoms with van der Waals surface area (Å²) in [4.78, 5) is 0. The minimum Gasteiger partial charge on any atom is -0.347 e. The Hall–Kier alpha value is -0.0500. The highest BCUT2D eigenvalue weighted by molar-refractivity contribution is 7.31. The molecule has 0 spiro atoms. The molecule has 0 aliphatic heterocycles. The molecule has 0 aliphatic rings. The van der Waals surface area contributed by atoms with Crippen LogP contribution in [0.25, 0.3) is 0 Å². The summed E-state index contributed by atoms with van der Waals surface area (Å²) in [5.74, 6) is 2.45. The van der Waals surface area contributed by atoms with Crippen molar-refractivity contribution in [1.29, 1.82) is 0 Å². The van der Waals surface area contributed by atoms with E-state index in [0.717, 1.165) is 0 Å². The lowest BCUT2D eigenvalue weighted by atomic mass is 10.4. The molecule has 2 atom stereocenters. The standard InChI is InChI=1S/C5H9OP/c1-4-5(2)6-7-3/h1,5,7H,2-3H3. The largest absolute Gasteiger partial charge is 0.347 e. The molecular formula is C5H9OP. The molecule has 1 nitrogen and oxygen atoms in total. The first-order valence-electron chi connectivity index (χ1n) is 2.09. The van der Waals surface area contributed by atoms with Crippen molar-refractivity contribution < 1.29 is 4.52 Å². The molecule has 0 aromatic carbocycles. The van der Waals surface area contributed by atoms with E-state index in [1.165, 1.54) is 0 Å². The van der Waals surface area contributed by atoms with Crippen LogP contribution in [-0.4, -0.2) is 12.8 Å². The van der Waals surface area contributed by atoms with Crippen molar-refractivity contribution in [3.63, 3.8) is 0 Å². The Bertz CT molecular complexity index is 74.6. The molecule has 0 bridgehead atoms. The zero-order valence-electron chi connectivity index (χ0n) is 4.56. The summed E-state index contributed by atoms with van der Waals surface area (Å²) in [7, 11) is 0.502. The normalized spacial score (nSPS) is 14.4. The van der Waals surface area contributed by atoms with E-state index in [-0.39, 0.29) is 6.10 Å². The summed E-state index contributed by atoms with van der Waals surface area (Å²) < 4.78 is 4.98. The Morgan fingerprint density at radius 3 is 2.57 bits per heavy atom. The first-order valence-corrected chi connectivity index (χ1v) is 3.50. The van der Waals surface area contributed by atoms with Crippen molar-refractivity contribution >= 4 is 8.81 Å². The zero-order valence-corrected chi connectivity index (χ0v) is 5.56. The molecule has 0 aliphatic carbocycles. The van der Waals surface area contributed by atoms with E-state index in [4.69, 9.17) is 10.9 Å². The quantitative estimate of drug-likeness (QED) is 0.389. The van der Waals surface area contributed by atoms with Crippen LogP contribution < -0.4 is 0 Å². The molecule has 0 aromatic rings. The highest BCUT2D eigenvalue weighted by Gasteiger charge is 1.88. The molecule has 0 saturated heterocycles. The molecule has 0 radical (unpaired) electrons. The first kappa shape index (κ1) is 6.95. The van der Waals surface area contributed by atoms with Crippen LogP contribution >= 0.6 is 8.81 Å². The SMILES string of the molecule is C#CC(C)OPC. The van der Waals surface area contributed by atoms with Crippen LogP contribution in [0.2, 0.25) is 0 Å². The number of hydrogen-bond donors (Lipinski definition) is 0. The van der Waals surface area contributed by atoms with Crippen LogP contribution in [0.4, 0.5) is 0 Å². The van der Waals surface area contributed by atoms with Gasteiger partial charge in [0.1, 0.15) is 6.10 Å². The molecule has 40 valence electrons. The minimum atomic E-state index is -0.0108. The van der Waals surface area contributed by atoms with Crippen molar-refractivity contribution in [3.8, 4) is 12.3 Å². The highest BCUT2D eigenvalue weighted by atomic mass is 31.1. The lowest BCUT2D eigenvalue weighted by Crippen LogP contribution is -1.94. The van der Waals surface area contributed by atoms with Gasteiger partial charge in [-0.2, -0.15) is 0 Å². The van der Waals surface area contributed by atoms with Gasteiger partial charge >= 0.3 is 0 Å². The third kappa shape index (κ3) is 3.79. The Kier molecular flexibility index (Phi) is 4.09. The van der Waals surface area contributed by atoms with Crippen molar-refractivity contribution in [1.82, 2.24) is 0 Å². The molecule has 7 heavy (non-hydrogen) atoms. The molecule has 0 saturated carbocycles. The van der Waals surface area contributed by atoms with Crippen LogP contribution in [-0.2, 0) is 4.52 Å². The van der Waals surface area contributed by atoms with E-state index in [1.54, 1.807) is 0 Å². The second-order valence-corrected chi connectivity index (χ2v) is 1.77. The fourth-order valence-electron chi connectivity index (χ4n) is 0.211. The smallest absolute Gasteiger partial charge is 0.119 e. The van der Waals surface area contributed by atoms with Crippen molar-refractivity contribution in [2.45, 2.75) is 13.0 Å². The Labute approximate surface area is 46.3 Å². The number of terminal acetylenes is 1. The van der Waals surface area contributed by atoms with Gasteiger partial charge in [0.2, 0.25) is 0 Å². The molecule has 0 amide bonds. The Balaban J connectivity index is 3.04. The second-order valence-electron chi connectivity index (χ2n) is 1.13. The lowest BCUT2D eigenvalue weighted by molar-refractivity contribution is 0.323. The Morgan fingerprint density at radius 1 is 1.86 bits per heavy atom. The van der Waals surface area contributed by atoms with E-state index < -0.39 is 0 Å². The van der Waals surface area contributed by atoms with E-state index in [1.807, 2.05) is 13.6 Å². The molecule has 0 heterocycles. The second kappa shape index (κ2) is 4.12. The summed E-state index contributed by atoms with van der Waals surface area (Å²) in [6.07, 6.45) is 4.98. The minimum absolute atomic E-state index is 0.0108. The van der Waals surface area contributed by atoms with Gasteiger partial charge in [0.05, 0.1) is 0 Å². The van der Waals surface area contributed by atoms with Gasteiger partial charge in [0.25, 0.3) is 0 Å². The van der Waals surface area contributed by atoms with Gasteiger partial charge in [-0.15, -0.1) is 6.42 Å². The van der Waals surface area contributed by atoms with Crippen molar-refractivity contribution in [2.75, 3.05) is 6.66 Å².